The van der Waals surface area contributed by atoms with E-state index in [0.717, 1.165) is 24.1 Å². The number of carbonyl (C=O) groups excluding carboxylic acids is 1. The highest BCUT2D eigenvalue weighted by Gasteiger charge is 2.19. The molecule has 3 nitrogen and oxygen atoms in total. The molecule has 1 aliphatic rings. The molecule has 1 unspecified atom stereocenters. The van der Waals surface area contributed by atoms with Crippen molar-refractivity contribution in [2.24, 2.45) is 0 Å². The first-order valence-electron chi connectivity index (χ1n) is 9.96. The van der Waals surface area contributed by atoms with E-state index in [-0.39, 0.29) is 5.91 Å². The summed E-state index contributed by atoms with van der Waals surface area (Å²) in [6.07, 6.45) is 7.98. The molecule has 3 heteroatoms. The lowest BCUT2D eigenvalue weighted by molar-refractivity contribution is -0.112. The fraction of sp³-hybridized carbons (Fsp3) is 0.375. The van der Waals surface area contributed by atoms with Crippen molar-refractivity contribution in [3.05, 3.63) is 71.3 Å². The summed E-state index contributed by atoms with van der Waals surface area (Å²) in [6.45, 7) is 3.06. The fourth-order valence-electron chi connectivity index (χ4n) is 3.78. The normalized spacial score (nSPS) is 18.3. The van der Waals surface area contributed by atoms with Crippen molar-refractivity contribution in [1.82, 2.24) is 4.90 Å². The molecule has 0 aliphatic carbocycles. The van der Waals surface area contributed by atoms with Gasteiger partial charge in [-0.05, 0) is 69.5 Å². The van der Waals surface area contributed by atoms with Gasteiger partial charge in [0.25, 0.3) is 5.91 Å². The smallest absolute Gasteiger partial charge is 0.251 e. The van der Waals surface area contributed by atoms with Crippen LogP contribution in [0.2, 0.25) is 0 Å². The number of benzene rings is 2. The minimum Gasteiger partial charge on any atom is -0.322 e. The van der Waals surface area contributed by atoms with Crippen molar-refractivity contribution >= 4 is 17.7 Å². The number of para-hydroxylation sites is 1. The van der Waals surface area contributed by atoms with E-state index < -0.39 is 0 Å². The minimum absolute atomic E-state index is 0.0407. The predicted octanol–water partition coefficient (Wildman–Crippen LogP) is 5.15. The third kappa shape index (κ3) is 5.54. The molecule has 142 valence electrons. The van der Waals surface area contributed by atoms with E-state index in [1.54, 1.807) is 0 Å². The molecule has 0 spiro atoms. The number of rotatable bonds is 6. The number of hydrogen-bond donors (Lipinski definition) is 1. The first-order chi connectivity index (χ1) is 13.1. The second-order valence-electron chi connectivity index (χ2n) is 7.52. The second-order valence-corrected chi connectivity index (χ2v) is 7.52. The molecule has 2 aromatic carbocycles. The maximum atomic E-state index is 12.6. The molecule has 0 saturated carbocycles. The van der Waals surface area contributed by atoms with E-state index in [4.69, 9.17) is 0 Å². The van der Waals surface area contributed by atoms with Gasteiger partial charge in [-0.2, -0.15) is 0 Å². The first-order valence-corrected chi connectivity index (χ1v) is 9.96. The molecule has 1 saturated heterocycles. The lowest BCUT2D eigenvalue weighted by Gasteiger charge is -2.32. The van der Waals surface area contributed by atoms with Crippen LogP contribution in [0.1, 0.15) is 43.7 Å². The van der Waals surface area contributed by atoms with Crippen LogP contribution in [0, 0.1) is 0 Å². The molecule has 1 N–H and O–H groups in total. The van der Waals surface area contributed by atoms with Crippen LogP contribution in [-0.4, -0.2) is 30.4 Å². The number of likely N-dealkylation sites (tertiary alicyclic amines) is 1. The average Bonchev–Trinajstić information content (AvgIpc) is 2.69. The highest BCUT2D eigenvalue weighted by atomic mass is 16.1. The number of amides is 1. The quantitative estimate of drug-likeness (QED) is 0.721. The van der Waals surface area contributed by atoms with Crippen LogP contribution < -0.4 is 5.32 Å². The number of anilines is 1. The van der Waals surface area contributed by atoms with Gasteiger partial charge in [0.15, 0.2) is 0 Å². The van der Waals surface area contributed by atoms with Gasteiger partial charge in [-0.25, -0.2) is 0 Å². The van der Waals surface area contributed by atoms with Gasteiger partial charge < -0.3 is 10.2 Å². The predicted molar refractivity (Wildman–Crippen MR) is 114 cm³/mol. The van der Waals surface area contributed by atoms with E-state index in [1.807, 2.05) is 55.5 Å². The van der Waals surface area contributed by atoms with Crippen molar-refractivity contribution in [2.45, 2.75) is 45.1 Å². The third-order valence-electron chi connectivity index (χ3n) is 5.47. The Balaban J connectivity index is 1.64. The molecule has 1 amide bonds. The summed E-state index contributed by atoms with van der Waals surface area (Å²) in [5.41, 5.74) is 3.90. The summed E-state index contributed by atoms with van der Waals surface area (Å²) in [7, 11) is 2.23. The molecule has 1 aliphatic heterocycles. The Kier molecular flexibility index (Phi) is 6.83. The lowest BCUT2D eigenvalue weighted by atomic mass is 9.96. The van der Waals surface area contributed by atoms with Gasteiger partial charge in [-0.15, -0.1) is 0 Å². The van der Waals surface area contributed by atoms with Crippen molar-refractivity contribution in [1.29, 1.82) is 0 Å². The molecular weight excluding hydrogens is 332 g/mol. The molecule has 0 bridgehead atoms. The molecule has 1 fully saturated rings. The summed E-state index contributed by atoms with van der Waals surface area (Å²) in [5.74, 6) is -0.0407. The van der Waals surface area contributed by atoms with Gasteiger partial charge in [0, 0.05) is 17.3 Å². The average molecular weight is 363 g/mol. The number of aryl methyl sites for hydroxylation is 1. The molecule has 1 atom stereocenters. The van der Waals surface area contributed by atoms with Crippen molar-refractivity contribution < 1.29 is 4.79 Å². The van der Waals surface area contributed by atoms with E-state index in [2.05, 4.69) is 29.4 Å². The molecular formula is C24H30N2O. The van der Waals surface area contributed by atoms with Gasteiger partial charge in [0.1, 0.15) is 0 Å². The van der Waals surface area contributed by atoms with Gasteiger partial charge in [0.05, 0.1) is 0 Å². The molecule has 0 aromatic heterocycles. The molecule has 2 aromatic rings. The summed E-state index contributed by atoms with van der Waals surface area (Å²) >= 11 is 0. The van der Waals surface area contributed by atoms with Crippen molar-refractivity contribution in [2.75, 3.05) is 18.9 Å². The highest BCUT2D eigenvalue weighted by Crippen LogP contribution is 2.23. The Hall–Kier alpha value is -2.39. The van der Waals surface area contributed by atoms with Crippen LogP contribution in [0.15, 0.2) is 60.2 Å². The van der Waals surface area contributed by atoms with E-state index in [1.165, 1.54) is 31.4 Å². The van der Waals surface area contributed by atoms with Crippen LogP contribution >= 0.6 is 0 Å². The van der Waals surface area contributed by atoms with Gasteiger partial charge in [-0.1, -0.05) is 55.0 Å². The Morgan fingerprint density at radius 2 is 1.85 bits per heavy atom. The van der Waals surface area contributed by atoms with Gasteiger partial charge in [-0.3, -0.25) is 4.79 Å². The zero-order valence-electron chi connectivity index (χ0n) is 16.4. The van der Waals surface area contributed by atoms with E-state index in [9.17, 15) is 4.79 Å². The van der Waals surface area contributed by atoms with Crippen LogP contribution in [-0.2, 0) is 11.2 Å². The maximum Gasteiger partial charge on any atom is 0.251 e. The maximum absolute atomic E-state index is 12.6. The number of carbonyl (C=O) groups is 1. The molecule has 0 radical (unpaired) electrons. The Morgan fingerprint density at radius 1 is 1.11 bits per heavy atom. The first kappa shape index (κ1) is 19.4. The highest BCUT2D eigenvalue weighted by molar-refractivity contribution is 6.06. The largest absolute Gasteiger partial charge is 0.322 e. The minimum atomic E-state index is -0.0407. The molecule has 1 heterocycles. The summed E-state index contributed by atoms with van der Waals surface area (Å²) < 4.78 is 0. The van der Waals surface area contributed by atoms with Gasteiger partial charge >= 0.3 is 0 Å². The van der Waals surface area contributed by atoms with Gasteiger partial charge in [0.2, 0.25) is 0 Å². The topological polar surface area (TPSA) is 32.3 Å². The summed E-state index contributed by atoms with van der Waals surface area (Å²) in [4.78, 5) is 15.1. The zero-order valence-corrected chi connectivity index (χ0v) is 16.4. The zero-order chi connectivity index (χ0) is 19.1. The summed E-state index contributed by atoms with van der Waals surface area (Å²) in [6, 6.07) is 18.8. The monoisotopic (exact) mass is 362 g/mol. The Morgan fingerprint density at radius 3 is 2.63 bits per heavy atom. The standard InChI is InChI=1S/C24H30N2O/c1-19(18-20-10-4-3-5-11-20)24(27)25-23-14-7-6-12-21(23)15-16-22-13-8-9-17-26(22)2/h3-7,10-12,14,18,22H,8-9,13,15-17H2,1-2H3,(H,25,27). The van der Waals surface area contributed by atoms with Crippen molar-refractivity contribution in [3.8, 4) is 0 Å². The molecule has 27 heavy (non-hydrogen) atoms. The Labute approximate surface area is 163 Å². The van der Waals surface area contributed by atoms with E-state index >= 15 is 0 Å². The van der Waals surface area contributed by atoms with E-state index in [0.29, 0.717) is 11.6 Å². The van der Waals surface area contributed by atoms with Crippen LogP contribution in [0.4, 0.5) is 5.69 Å². The number of piperidine rings is 1. The van der Waals surface area contributed by atoms with Crippen LogP contribution in [0.3, 0.4) is 0 Å². The third-order valence-corrected chi connectivity index (χ3v) is 5.47. The SMILES string of the molecule is CC(=Cc1ccccc1)C(=O)Nc1ccccc1CCC1CCCCN1C. The van der Waals surface area contributed by atoms with Crippen LogP contribution in [0.25, 0.3) is 6.08 Å². The van der Waals surface area contributed by atoms with Crippen LogP contribution in [0.5, 0.6) is 0 Å². The number of hydrogen-bond acceptors (Lipinski definition) is 2. The summed E-state index contributed by atoms with van der Waals surface area (Å²) in [5, 5.41) is 3.11. The Bertz CT molecular complexity index is 782. The second kappa shape index (κ2) is 9.52. The number of nitrogens with zero attached hydrogens (tertiary/aromatic N) is 1. The van der Waals surface area contributed by atoms with Crippen molar-refractivity contribution in [3.63, 3.8) is 0 Å². The lowest BCUT2D eigenvalue weighted by Crippen LogP contribution is -2.36. The fourth-order valence-corrected chi connectivity index (χ4v) is 3.78. The molecule has 3 rings (SSSR count). The number of nitrogens with one attached hydrogen (secondary N) is 1.